The number of rotatable bonds is 7. The Bertz CT molecular complexity index is 765. The van der Waals surface area contributed by atoms with E-state index in [9.17, 15) is 13.5 Å². The van der Waals surface area contributed by atoms with E-state index in [0.717, 1.165) is 16.9 Å². The van der Waals surface area contributed by atoms with Crippen LogP contribution in [0.1, 0.15) is 40.7 Å². The molecule has 1 heterocycles. The first-order chi connectivity index (χ1) is 10.8. The number of aliphatic hydroxyl groups is 1. The molecule has 23 heavy (non-hydrogen) atoms. The third-order valence-electron chi connectivity index (χ3n) is 3.62. The Balaban J connectivity index is 1.88. The van der Waals surface area contributed by atoms with E-state index >= 15 is 0 Å². The van der Waals surface area contributed by atoms with E-state index in [-0.39, 0.29) is 12.3 Å². The van der Waals surface area contributed by atoms with Crippen LogP contribution < -0.4 is 4.72 Å². The molecule has 0 saturated heterocycles. The van der Waals surface area contributed by atoms with Crippen molar-refractivity contribution < 1.29 is 17.9 Å². The molecule has 126 valence electrons. The van der Waals surface area contributed by atoms with Gasteiger partial charge < -0.3 is 9.52 Å². The number of aliphatic hydroxyl groups excluding tert-OH is 1. The van der Waals surface area contributed by atoms with Gasteiger partial charge in [-0.1, -0.05) is 29.8 Å². The van der Waals surface area contributed by atoms with Gasteiger partial charge >= 0.3 is 0 Å². The Labute approximate surface area is 137 Å². The van der Waals surface area contributed by atoms with Crippen LogP contribution in [0.2, 0.25) is 0 Å². The van der Waals surface area contributed by atoms with E-state index in [0.29, 0.717) is 17.7 Å². The maximum absolute atomic E-state index is 12.1. The summed E-state index contributed by atoms with van der Waals surface area (Å²) in [6, 6.07) is 9.19. The summed E-state index contributed by atoms with van der Waals surface area (Å²) < 4.78 is 32.1. The summed E-state index contributed by atoms with van der Waals surface area (Å²) in [6.07, 6.45) is -0.443. The lowest BCUT2D eigenvalue weighted by Gasteiger charge is -2.11. The average Bonchev–Trinajstić information content (AvgIpc) is 2.77. The molecule has 6 heteroatoms. The molecule has 0 radical (unpaired) electrons. The van der Waals surface area contributed by atoms with Crippen LogP contribution in [0.25, 0.3) is 0 Å². The third kappa shape index (κ3) is 5.20. The van der Waals surface area contributed by atoms with Crippen LogP contribution in [-0.2, 0) is 15.8 Å². The molecule has 0 bridgehead atoms. The summed E-state index contributed by atoms with van der Waals surface area (Å²) in [4.78, 5) is 0. The summed E-state index contributed by atoms with van der Waals surface area (Å²) in [5.41, 5.74) is 2.48. The van der Waals surface area contributed by atoms with Gasteiger partial charge in [-0.25, -0.2) is 13.1 Å². The first-order valence-corrected chi connectivity index (χ1v) is 9.20. The van der Waals surface area contributed by atoms with Crippen LogP contribution >= 0.6 is 0 Å². The third-order valence-corrected chi connectivity index (χ3v) is 4.97. The first kappa shape index (κ1) is 17.7. The smallest absolute Gasteiger partial charge is 0.215 e. The summed E-state index contributed by atoms with van der Waals surface area (Å²) in [6.45, 7) is 5.70. The fourth-order valence-corrected chi connectivity index (χ4v) is 3.71. The minimum Gasteiger partial charge on any atom is -0.466 e. The second kappa shape index (κ2) is 7.29. The molecule has 2 N–H and O–H groups in total. The summed E-state index contributed by atoms with van der Waals surface area (Å²) >= 11 is 0. The number of hydrogen-bond donors (Lipinski definition) is 2. The van der Waals surface area contributed by atoms with E-state index < -0.39 is 16.1 Å². The van der Waals surface area contributed by atoms with Crippen molar-refractivity contribution in [3.05, 3.63) is 58.5 Å². The van der Waals surface area contributed by atoms with Crippen LogP contribution in [-0.4, -0.2) is 20.1 Å². The van der Waals surface area contributed by atoms with Gasteiger partial charge in [0.25, 0.3) is 0 Å². The SMILES string of the molecule is Cc1cccc(CS(=O)(=O)NCCC(O)c2cc(C)oc2C)c1. The minimum atomic E-state index is -3.42. The highest BCUT2D eigenvalue weighted by molar-refractivity contribution is 7.88. The van der Waals surface area contributed by atoms with Crippen LogP contribution in [0.15, 0.2) is 34.7 Å². The standard InChI is InChI=1S/C17H23NO4S/c1-12-5-4-6-15(9-12)11-23(20,21)18-8-7-17(19)16-10-13(2)22-14(16)3/h4-6,9-10,17-19H,7-8,11H2,1-3H3. The predicted molar refractivity (Wildman–Crippen MR) is 89.6 cm³/mol. The Morgan fingerprint density at radius 1 is 1.22 bits per heavy atom. The van der Waals surface area contributed by atoms with E-state index in [4.69, 9.17) is 4.42 Å². The number of furan rings is 1. The van der Waals surface area contributed by atoms with Gasteiger partial charge in [0, 0.05) is 12.1 Å². The number of nitrogens with one attached hydrogen (secondary N) is 1. The van der Waals surface area contributed by atoms with E-state index in [1.807, 2.05) is 32.0 Å². The lowest BCUT2D eigenvalue weighted by atomic mass is 10.1. The van der Waals surface area contributed by atoms with Crippen molar-refractivity contribution in [3.8, 4) is 0 Å². The molecule has 2 aromatic rings. The largest absolute Gasteiger partial charge is 0.466 e. The molecule has 5 nitrogen and oxygen atoms in total. The lowest BCUT2D eigenvalue weighted by molar-refractivity contribution is 0.167. The lowest BCUT2D eigenvalue weighted by Crippen LogP contribution is -2.27. The molecule has 1 aromatic heterocycles. The van der Waals surface area contributed by atoms with Gasteiger partial charge in [0.05, 0.1) is 11.9 Å². The highest BCUT2D eigenvalue weighted by Crippen LogP contribution is 2.23. The van der Waals surface area contributed by atoms with Crippen molar-refractivity contribution in [2.45, 2.75) is 39.0 Å². The Kier molecular flexibility index (Phi) is 5.62. The maximum atomic E-state index is 12.1. The summed E-state index contributed by atoms with van der Waals surface area (Å²) in [5.74, 6) is 1.34. The van der Waals surface area contributed by atoms with E-state index in [1.54, 1.807) is 19.1 Å². The quantitative estimate of drug-likeness (QED) is 0.814. The second-order valence-electron chi connectivity index (χ2n) is 5.82. The van der Waals surface area contributed by atoms with Gasteiger partial charge in [-0.2, -0.15) is 0 Å². The van der Waals surface area contributed by atoms with Gasteiger partial charge in [-0.05, 0) is 38.8 Å². The molecule has 1 aromatic carbocycles. The molecule has 0 aliphatic heterocycles. The molecular weight excluding hydrogens is 314 g/mol. The molecule has 0 amide bonds. The molecule has 0 spiro atoms. The predicted octanol–water partition coefficient (Wildman–Crippen LogP) is 2.75. The van der Waals surface area contributed by atoms with Crippen molar-refractivity contribution in [2.24, 2.45) is 0 Å². The molecule has 1 unspecified atom stereocenters. The van der Waals surface area contributed by atoms with Crippen molar-refractivity contribution in [1.29, 1.82) is 0 Å². The van der Waals surface area contributed by atoms with Gasteiger partial charge in [0.1, 0.15) is 11.5 Å². The topological polar surface area (TPSA) is 79.5 Å². The second-order valence-corrected chi connectivity index (χ2v) is 7.62. The van der Waals surface area contributed by atoms with Crippen molar-refractivity contribution in [3.63, 3.8) is 0 Å². The monoisotopic (exact) mass is 337 g/mol. The zero-order chi connectivity index (χ0) is 17.0. The minimum absolute atomic E-state index is 0.0609. The van der Waals surface area contributed by atoms with Crippen LogP contribution in [0.4, 0.5) is 0 Å². The van der Waals surface area contributed by atoms with Crippen molar-refractivity contribution in [2.75, 3.05) is 6.54 Å². The normalized spacial score (nSPS) is 13.2. The van der Waals surface area contributed by atoms with Crippen LogP contribution in [0, 0.1) is 20.8 Å². The number of benzene rings is 1. The van der Waals surface area contributed by atoms with Crippen LogP contribution in [0.5, 0.6) is 0 Å². The van der Waals surface area contributed by atoms with Crippen LogP contribution in [0.3, 0.4) is 0 Å². The molecular formula is C17H23NO4S. The Morgan fingerprint density at radius 2 is 1.96 bits per heavy atom. The van der Waals surface area contributed by atoms with Crippen molar-refractivity contribution in [1.82, 2.24) is 4.72 Å². The number of hydrogen-bond acceptors (Lipinski definition) is 4. The zero-order valence-corrected chi connectivity index (χ0v) is 14.5. The fourth-order valence-electron chi connectivity index (χ4n) is 2.56. The fraction of sp³-hybridized carbons (Fsp3) is 0.412. The van der Waals surface area contributed by atoms with Gasteiger partial charge in [-0.3, -0.25) is 0 Å². The van der Waals surface area contributed by atoms with Gasteiger partial charge in [0.2, 0.25) is 10.0 Å². The highest BCUT2D eigenvalue weighted by Gasteiger charge is 2.16. The molecule has 0 aliphatic carbocycles. The Morgan fingerprint density at radius 3 is 2.57 bits per heavy atom. The summed E-state index contributed by atoms with van der Waals surface area (Å²) in [7, 11) is -3.42. The van der Waals surface area contributed by atoms with Gasteiger partial charge in [-0.15, -0.1) is 0 Å². The zero-order valence-electron chi connectivity index (χ0n) is 13.7. The number of aryl methyl sites for hydroxylation is 3. The summed E-state index contributed by atoms with van der Waals surface area (Å²) in [5, 5.41) is 10.1. The molecule has 1 atom stereocenters. The molecule has 0 fully saturated rings. The molecule has 0 aliphatic rings. The molecule has 2 rings (SSSR count). The van der Waals surface area contributed by atoms with E-state index in [1.165, 1.54) is 0 Å². The van der Waals surface area contributed by atoms with E-state index in [2.05, 4.69) is 4.72 Å². The number of sulfonamides is 1. The van der Waals surface area contributed by atoms with Crippen molar-refractivity contribution >= 4 is 10.0 Å². The highest BCUT2D eigenvalue weighted by atomic mass is 32.2. The maximum Gasteiger partial charge on any atom is 0.215 e. The first-order valence-electron chi connectivity index (χ1n) is 7.55. The molecule has 0 saturated carbocycles. The Hall–Kier alpha value is -1.63. The average molecular weight is 337 g/mol. The van der Waals surface area contributed by atoms with Gasteiger partial charge in [0.15, 0.2) is 0 Å².